The maximum atomic E-state index is 13.6. The van der Waals surface area contributed by atoms with Gasteiger partial charge in [-0.1, -0.05) is 83.5 Å². The van der Waals surface area contributed by atoms with Crippen LogP contribution in [0.2, 0.25) is 0 Å². The van der Waals surface area contributed by atoms with E-state index in [0.717, 1.165) is 28.2 Å². The average Bonchev–Trinajstić information content (AvgIpc) is 3.41. The summed E-state index contributed by atoms with van der Waals surface area (Å²) in [6.07, 6.45) is 1.11. The maximum Gasteiger partial charge on any atom is 0.421 e. The molecule has 2 aromatic carbocycles. The minimum Gasteiger partial charge on any atom is -0.467 e. The van der Waals surface area contributed by atoms with E-state index < -0.39 is 28.1 Å². The number of hydrogen-bond acceptors (Lipinski definition) is 8. The summed E-state index contributed by atoms with van der Waals surface area (Å²) in [4.78, 5) is 41.1. The zero-order valence-electron chi connectivity index (χ0n) is 26.2. The number of carbonyl (C=O) groups excluding carboxylic acids is 3. The highest BCUT2D eigenvalue weighted by molar-refractivity contribution is 7.92. The minimum atomic E-state index is -4.20. The third-order valence-electron chi connectivity index (χ3n) is 6.86. The molecule has 0 radical (unpaired) electrons. The van der Waals surface area contributed by atoms with Crippen LogP contribution in [0.5, 0.6) is 0 Å². The molecule has 2 amide bonds. The molecule has 0 bridgehead atoms. The van der Waals surface area contributed by atoms with Gasteiger partial charge in [0.2, 0.25) is 0 Å². The first-order valence-corrected chi connectivity index (χ1v) is 17.0. The molecule has 238 valence electrons. The van der Waals surface area contributed by atoms with Gasteiger partial charge in [0.05, 0.1) is 13.7 Å². The molecule has 9 nitrogen and oxygen atoms in total. The maximum absolute atomic E-state index is 13.6. The summed E-state index contributed by atoms with van der Waals surface area (Å²) >= 11 is 1.13. The van der Waals surface area contributed by atoms with Crippen molar-refractivity contribution in [1.82, 2.24) is 9.62 Å². The summed E-state index contributed by atoms with van der Waals surface area (Å²) in [5.74, 6) is -0.732. The van der Waals surface area contributed by atoms with E-state index in [1.165, 1.54) is 12.0 Å². The van der Waals surface area contributed by atoms with Crippen molar-refractivity contribution in [3.63, 3.8) is 0 Å². The number of nitrogens with zero attached hydrogens (tertiary/aromatic N) is 1. The van der Waals surface area contributed by atoms with Gasteiger partial charge >= 0.3 is 12.1 Å². The van der Waals surface area contributed by atoms with Crippen LogP contribution in [-0.4, -0.2) is 51.0 Å². The molecule has 1 N–H and O–H groups in total. The molecule has 1 aromatic heterocycles. The number of unbranched alkanes of at least 4 members (excludes halogenated alkanes) is 1. The number of nitrogens with one attached hydrogen (secondary N) is 1. The third kappa shape index (κ3) is 9.15. The summed E-state index contributed by atoms with van der Waals surface area (Å²) in [6, 6.07) is 16.9. The Balaban J connectivity index is 1.97. The number of hydrogen-bond donors (Lipinski definition) is 1. The lowest BCUT2D eigenvalue weighted by Gasteiger charge is -2.32. The number of thiophene rings is 1. The lowest BCUT2D eigenvalue weighted by molar-refractivity contribution is -0.147. The molecular weight excluding hydrogens is 601 g/mol. The largest absolute Gasteiger partial charge is 0.467 e. The van der Waals surface area contributed by atoms with Crippen LogP contribution in [0.1, 0.15) is 68.3 Å². The molecule has 0 aliphatic carbocycles. The molecule has 0 fully saturated rings. The van der Waals surface area contributed by atoms with E-state index in [2.05, 4.69) is 0 Å². The predicted octanol–water partition coefficient (Wildman–Crippen LogP) is 6.67. The van der Waals surface area contributed by atoms with E-state index in [4.69, 9.17) is 9.47 Å². The second-order valence-electron chi connectivity index (χ2n) is 11.3. The second-order valence-corrected chi connectivity index (χ2v) is 14.3. The molecule has 1 heterocycles. The van der Waals surface area contributed by atoms with Gasteiger partial charge < -0.3 is 14.4 Å². The summed E-state index contributed by atoms with van der Waals surface area (Å²) < 4.78 is 38.8. The van der Waals surface area contributed by atoms with Crippen LogP contribution in [0.4, 0.5) is 4.79 Å². The topological polar surface area (TPSA) is 119 Å². The first-order chi connectivity index (χ1) is 20.9. The highest BCUT2D eigenvalue weighted by atomic mass is 32.2. The fourth-order valence-electron chi connectivity index (χ4n) is 4.73. The van der Waals surface area contributed by atoms with Gasteiger partial charge in [-0.15, -0.1) is 11.3 Å². The van der Waals surface area contributed by atoms with Crippen LogP contribution < -0.4 is 4.72 Å². The SMILES string of the molecule is CCCCOC(=O)NS(=O)(=O)c1sc(CC(C)C)cc1-c1ccc(CN(C(=O)c2ccccc2)[C@H](C(=O)OC)C(C)C)cc1. The van der Waals surface area contributed by atoms with Crippen LogP contribution >= 0.6 is 11.3 Å². The van der Waals surface area contributed by atoms with Crippen molar-refractivity contribution in [2.45, 2.75) is 70.7 Å². The van der Waals surface area contributed by atoms with E-state index in [1.54, 1.807) is 48.5 Å². The molecule has 3 rings (SSSR count). The minimum absolute atomic E-state index is 0.0276. The van der Waals surface area contributed by atoms with Gasteiger partial charge in [-0.25, -0.2) is 22.7 Å². The number of amides is 2. The van der Waals surface area contributed by atoms with Gasteiger partial charge in [0, 0.05) is 22.5 Å². The Bertz CT molecular complexity index is 1520. The quantitative estimate of drug-likeness (QED) is 0.154. The first kappa shape index (κ1) is 34.8. The molecule has 0 saturated heterocycles. The predicted molar refractivity (Wildman–Crippen MR) is 172 cm³/mol. The number of rotatable bonds is 14. The Morgan fingerprint density at radius 3 is 2.20 bits per heavy atom. The Kier molecular flexibility index (Phi) is 12.5. The third-order valence-corrected chi connectivity index (χ3v) is 9.86. The van der Waals surface area contributed by atoms with E-state index in [0.29, 0.717) is 35.4 Å². The molecule has 44 heavy (non-hydrogen) atoms. The molecule has 0 aliphatic rings. The van der Waals surface area contributed by atoms with Crippen molar-refractivity contribution >= 4 is 39.3 Å². The van der Waals surface area contributed by atoms with Crippen LogP contribution in [-0.2, 0) is 37.3 Å². The van der Waals surface area contributed by atoms with Gasteiger partial charge in [0.25, 0.3) is 15.9 Å². The van der Waals surface area contributed by atoms with Crippen molar-refractivity contribution < 1.29 is 32.3 Å². The van der Waals surface area contributed by atoms with Crippen molar-refractivity contribution in [1.29, 1.82) is 0 Å². The van der Waals surface area contributed by atoms with Crippen LogP contribution in [0, 0.1) is 11.8 Å². The Morgan fingerprint density at radius 2 is 1.64 bits per heavy atom. The van der Waals surface area contributed by atoms with Gasteiger partial charge in [0.1, 0.15) is 10.3 Å². The Morgan fingerprint density at radius 1 is 0.977 bits per heavy atom. The lowest BCUT2D eigenvalue weighted by atomic mass is 9.99. The number of benzene rings is 2. The molecule has 11 heteroatoms. The fraction of sp³-hybridized carbons (Fsp3) is 0.424. The van der Waals surface area contributed by atoms with Gasteiger partial charge in [0.15, 0.2) is 0 Å². The number of ether oxygens (including phenoxy) is 2. The highest BCUT2D eigenvalue weighted by Crippen LogP contribution is 2.36. The highest BCUT2D eigenvalue weighted by Gasteiger charge is 2.34. The van der Waals surface area contributed by atoms with E-state index in [-0.39, 0.29) is 29.2 Å². The molecule has 0 aliphatic heterocycles. The van der Waals surface area contributed by atoms with Gasteiger partial charge in [-0.3, -0.25) is 4.79 Å². The number of carbonyl (C=O) groups is 3. The van der Waals surface area contributed by atoms with E-state index in [9.17, 15) is 22.8 Å². The van der Waals surface area contributed by atoms with Gasteiger partial charge in [-0.05, 0) is 54.0 Å². The lowest BCUT2D eigenvalue weighted by Crippen LogP contribution is -2.48. The standard InChI is InChI=1S/C33H42N2O7S2/c1-7-8-18-42-33(38)34-44(39,40)32-28(20-27(43-32)19-22(2)3)25-16-14-24(15-17-25)21-35(29(23(4)5)31(37)41-6)30(36)26-12-10-9-11-13-26/h9-17,20,22-23,29H,7-8,18-19,21H2,1-6H3,(H,34,38)/t29-/m0/s1. The van der Waals surface area contributed by atoms with Crippen molar-refractivity contribution in [2.75, 3.05) is 13.7 Å². The monoisotopic (exact) mass is 642 g/mol. The average molecular weight is 643 g/mol. The van der Waals surface area contributed by atoms with Crippen molar-refractivity contribution in [3.05, 3.63) is 76.7 Å². The Hall–Kier alpha value is -3.70. The van der Waals surface area contributed by atoms with Crippen LogP contribution in [0.3, 0.4) is 0 Å². The van der Waals surface area contributed by atoms with Crippen LogP contribution in [0.25, 0.3) is 11.1 Å². The zero-order valence-corrected chi connectivity index (χ0v) is 27.8. The molecule has 0 unspecified atom stereocenters. The number of methoxy groups -OCH3 is 1. The van der Waals surface area contributed by atoms with Gasteiger partial charge in [-0.2, -0.15) is 0 Å². The fourth-order valence-corrected chi connectivity index (χ4v) is 7.57. The normalized spacial score (nSPS) is 12.2. The van der Waals surface area contributed by atoms with Crippen LogP contribution in [0.15, 0.2) is 64.9 Å². The first-order valence-electron chi connectivity index (χ1n) is 14.7. The second kappa shape index (κ2) is 15.9. The molecule has 3 aromatic rings. The molecule has 1 atom stereocenters. The summed E-state index contributed by atoms with van der Waals surface area (Å²) in [6.45, 7) is 10.0. The summed E-state index contributed by atoms with van der Waals surface area (Å²) in [5, 5.41) is 0. The smallest absolute Gasteiger partial charge is 0.421 e. The number of sulfonamides is 1. The molecular formula is C33H42N2O7S2. The molecule has 0 spiro atoms. The van der Waals surface area contributed by atoms with Crippen molar-refractivity contribution in [2.24, 2.45) is 11.8 Å². The zero-order chi connectivity index (χ0) is 32.4. The van der Waals surface area contributed by atoms with E-state index >= 15 is 0 Å². The number of esters is 1. The van der Waals surface area contributed by atoms with Crippen molar-refractivity contribution in [3.8, 4) is 11.1 Å². The molecule has 0 saturated carbocycles. The summed E-state index contributed by atoms with van der Waals surface area (Å²) in [7, 11) is -2.90. The Labute approximate surface area is 264 Å². The van der Waals surface area contributed by atoms with E-state index in [1.807, 2.05) is 51.5 Å². The summed E-state index contributed by atoms with van der Waals surface area (Å²) in [5.41, 5.74) is 2.30.